The first-order valence-corrected chi connectivity index (χ1v) is 11.7. The third kappa shape index (κ3) is 6.45. The normalized spacial score (nSPS) is 17.7. The zero-order valence-corrected chi connectivity index (χ0v) is 19.8. The zero-order valence-electron chi connectivity index (χ0n) is 19.8. The van der Waals surface area contributed by atoms with Crippen LogP contribution in [0.3, 0.4) is 0 Å². The van der Waals surface area contributed by atoms with Gasteiger partial charge in [0.15, 0.2) is 0 Å². The summed E-state index contributed by atoms with van der Waals surface area (Å²) in [6, 6.07) is 13.3. The number of rotatable bonds is 10. The Hall–Kier alpha value is -3.17. The highest BCUT2D eigenvalue weighted by Crippen LogP contribution is 2.23. The molecule has 3 rings (SSSR count). The molecule has 0 spiro atoms. The Bertz CT molecular complexity index is 925. The van der Waals surface area contributed by atoms with Gasteiger partial charge in [0.2, 0.25) is 5.91 Å². The zero-order chi connectivity index (χ0) is 24.5. The van der Waals surface area contributed by atoms with Crippen LogP contribution in [0.1, 0.15) is 32.3 Å². The Labute approximate surface area is 200 Å². The second-order valence-corrected chi connectivity index (χ2v) is 8.51. The van der Waals surface area contributed by atoms with E-state index < -0.39 is 17.9 Å². The average molecular weight is 471 g/mol. The van der Waals surface area contributed by atoms with Gasteiger partial charge in [-0.1, -0.05) is 18.2 Å². The Morgan fingerprint density at radius 2 is 1.97 bits per heavy atom. The topological polar surface area (TPSA) is 115 Å². The third-order valence-corrected chi connectivity index (χ3v) is 6.18. The second-order valence-electron chi connectivity index (χ2n) is 8.51. The van der Waals surface area contributed by atoms with Crippen LogP contribution in [0.25, 0.3) is 0 Å². The molecule has 2 aromatic rings. The summed E-state index contributed by atoms with van der Waals surface area (Å²) in [5.74, 6) is -0.546. The van der Waals surface area contributed by atoms with Gasteiger partial charge in [-0.05, 0) is 62.9 Å². The van der Waals surface area contributed by atoms with Crippen LogP contribution in [0.2, 0.25) is 0 Å². The average Bonchev–Trinajstić information content (AvgIpc) is 2.87. The number of aliphatic hydroxyl groups excluding tert-OH is 1. The van der Waals surface area contributed by atoms with Crippen molar-refractivity contribution in [3.63, 3.8) is 0 Å². The molecule has 0 saturated carbocycles. The number of ether oxygens (including phenoxy) is 1. The van der Waals surface area contributed by atoms with Crippen LogP contribution < -0.4 is 15.1 Å². The van der Waals surface area contributed by atoms with Crippen molar-refractivity contribution in [3.8, 4) is 5.75 Å². The van der Waals surface area contributed by atoms with E-state index in [0.29, 0.717) is 45.5 Å². The number of carbonyl (C=O) groups excluding carboxylic acids is 2. The van der Waals surface area contributed by atoms with Crippen LogP contribution in [0, 0.1) is 5.92 Å². The number of hydroxylamine groups is 1. The molecule has 1 fully saturated rings. The van der Waals surface area contributed by atoms with Gasteiger partial charge in [-0.25, -0.2) is 10.5 Å². The molecule has 0 radical (unpaired) electrons. The molecule has 9 nitrogen and oxygen atoms in total. The molecule has 0 unspecified atom stereocenters. The minimum Gasteiger partial charge on any atom is -0.494 e. The number of piperazine rings is 1. The fourth-order valence-electron chi connectivity index (χ4n) is 4.36. The number of hydrogen-bond donors (Lipinski definition) is 3. The molecule has 2 amide bonds. The summed E-state index contributed by atoms with van der Waals surface area (Å²) in [4.78, 5) is 33.6. The molecule has 3 atom stereocenters. The van der Waals surface area contributed by atoms with Crippen LogP contribution in [0.15, 0.2) is 48.7 Å². The summed E-state index contributed by atoms with van der Waals surface area (Å²) in [5.41, 5.74) is 2.56. The van der Waals surface area contributed by atoms with Crippen molar-refractivity contribution in [1.29, 1.82) is 0 Å². The van der Waals surface area contributed by atoms with Gasteiger partial charge in [0.05, 0.1) is 12.5 Å². The number of benzene rings is 1. The van der Waals surface area contributed by atoms with Crippen molar-refractivity contribution in [2.75, 3.05) is 31.1 Å². The smallest absolute Gasteiger partial charge is 0.272 e. The number of aliphatic hydroxyl groups is 1. The molecule has 0 aliphatic carbocycles. The quantitative estimate of drug-likeness (QED) is 0.359. The van der Waals surface area contributed by atoms with Gasteiger partial charge in [-0.15, -0.1) is 0 Å². The Morgan fingerprint density at radius 1 is 1.21 bits per heavy atom. The van der Waals surface area contributed by atoms with Crippen LogP contribution >= 0.6 is 0 Å². The first kappa shape index (κ1) is 25.5. The highest BCUT2D eigenvalue weighted by atomic mass is 16.5. The molecule has 34 heavy (non-hydrogen) atoms. The molecule has 1 aliphatic heterocycles. The number of pyridine rings is 1. The van der Waals surface area contributed by atoms with Gasteiger partial charge in [0.1, 0.15) is 17.7 Å². The first-order valence-electron chi connectivity index (χ1n) is 11.7. The molecule has 1 aromatic heterocycles. The van der Waals surface area contributed by atoms with Crippen molar-refractivity contribution < 1.29 is 24.6 Å². The lowest BCUT2D eigenvalue weighted by molar-refractivity contribution is -0.152. The molecular weight excluding hydrogens is 436 g/mol. The molecule has 9 heteroatoms. The molecule has 1 saturated heterocycles. The molecule has 1 aromatic carbocycles. The Morgan fingerprint density at radius 3 is 2.59 bits per heavy atom. The highest BCUT2D eigenvalue weighted by molar-refractivity contribution is 5.89. The predicted octanol–water partition coefficient (Wildman–Crippen LogP) is 2.02. The van der Waals surface area contributed by atoms with Crippen LogP contribution in [-0.4, -0.2) is 70.4 Å². The Kier molecular flexibility index (Phi) is 9.24. The number of nitrogens with one attached hydrogen (secondary N) is 1. The molecule has 2 heterocycles. The van der Waals surface area contributed by atoms with E-state index in [-0.39, 0.29) is 11.9 Å². The van der Waals surface area contributed by atoms with E-state index in [1.54, 1.807) is 11.1 Å². The summed E-state index contributed by atoms with van der Waals surface area (Å²) in [5, 5.41) is 19.6. The minimum atomic E-state index is -1.63. The van der Waals surface area contributed by atoms with Crippen molar-refractivity contribution in [2.24, 2.45) is 5.92 Å². The second kappa shape index (κ2) is 12.3. The molecular formula is C25H34N4O5. The fraction of sp³-hybridized carbons (Fsp3) is 0.480. The van der Waals surface area contributed by atoms with E-state index >= 15 is 0 Å². The number of anilines is 1. The summed E-state index contributed by atoms with van der Waals surface area (Å²) < 4.78 is 5.46. The maximum absolute atomic E-state index is 13.4. The van der Waals surface area contributed by atoms with Crippen LogP contribution in [0.4, 0.5) is 5.82 Å². The van der Waals surface area contributed by atoms with E-state index in [1.165, 1.54) is 5.48 Å². The highest BCUT2D eigenvalue weighted by Gasteiger charge is 2.38. The molecule has 184 valence electrons. The lowest BCUT2D eigenvalue weighted by Gasteiger charge is -2.42. The number of hydrogen-bond acceptors (Lipinski definition) is 7. The SMILES string of the molecule is CCOc1ccc(CCC[C@H](C(=O)N2CCN(c3ccccn3)C[C@@H]2C)[C@H](O)C(=O)NO)cc1. The monoisotopic (exact) mass is 470 g/mol. The standard InChI is InChI=1S/C25H34N4O5/c1-3-34-20-12-10-19(11-13-20)7-6-8-21(23(30)24(31)27-33)25(32)29-16-15-28(17-18(29)2)22-9-4-5-14-26-22/h4-5,9-14,18,21,23,30,33H,3,6-8,15-17H2,1-2H3,(H,27,31)/t18-,21-,23-/m0/s1. The van der Waals surface area contributed by atoms with Gasteiger partial charge < -0.3 is 19.6 Å². The predicted molar refractivity (Wildman–Crippen MR) is 128 cm³/mol. The number of carbonyl (C=O) groups is 2. The molecule has 1 aliphatic rings. The van der Waals surface area contributed by atoms with Gasteiger partial charge in [0.25, 0.3) is 5.91 Å². The summed E-state index contributed by atoms with van der Waals surface area (Å²) in [7, 11) is 0. The van der Waals surface area contributed by atoms with Crippen LogP contribution in [-0.2, 0) is 16.0 Å². The van der Waals surface area contributed by atoms with E-state index in [9.17, 15) is 14.7 Å². The number of aryl methyl sites for hydroxylation is 1. The van der Waals surface area contributed by atoms with Gasteiger partial charge in [-0.3, -0.25) is 14.8 Å². The molecule has 0 bridgehead atoms. The van der Waals surface area contributed by atoms with E-state index in [2.05, 4.69) is 9.88 Å². The first-order chi connectivity index (χ1) is 16.4. The maximum Gasteiger partial charge on any atom is 0.272 e. The summed E-state index contributed by atoms with van der Waals surface area (Å²) in [6.45, 7) is 6.14. The van der Waals surface area contributed by atoms with Crippen molar-refractivity contribution in [1.82, 2.24) is 15.4 Å². The van der Waals surface area contributed by atoms with Gasteiger partial charge in [-0.2, -0.15) is 0 Å². The van der Waals surface area contributed by atoms with E-state index in [0.717, 1.165) is 17.1 Å². The lowest BCUT2D eigenvalue weighted by atomic mass is 9.91. The minimum absolute atomic E-state index is 0.124. The Balaban J connectivity index is 1.63. The number of nitrogens with zero attached hydrogens (tertiary/aromatic N) is 3. The fourth-order valence-corrected chi connectivity index (χ4v) is 4.36. The number of aromatic nitrogens is 1. The summed E-state index contributed by atoms with van der Waals surface area (Å²) >= 11 is 0. The molecule has 3 N–H and O–H groups in total. The maximum atomic E-state index is 13.4. The van der Waals surface area contributed by atoms with Crippen molar-refractivity contribution >= 4 is 17.6 Å². The van der Waals surface area contributed by atoms with E-state index in [4.69, 9.17) is 9.94 Å². The van der Waals surface area contributed by atoms with Crippen molar-refractivity contribution in [3.05, 3.63) is 54.2 Å². The summed E-state index contributed by atoms with van der Waals surface area (Å²) in [6.07, 6.45) is 1.71. The van der Waals surface area contributed by atoms with Crippen LogP contribution in [0.5, 0.6) is 5.75 Å². The number of amides is 2. The largest absolute Gasteiger partial charge is 0.494 e. The third-order valence-electron chi connectivity index (χ3n) is 6.18. The van der Waals surface area contributed by atoms with E-state index in [1.807, 2.05) is 56.3 Å². The lowest BCUT2D eigenvalue weighted by Crippen LogP contribution is -2.57. The van der Waals surface area contributed by atoms with Gasteiger partial charge in [0, 0.05) is 31.9 Å². The van der Waals surface area contributed by atoms with Crippen molar-refractivity contribution in [2.45, 2.75) is 45.3 Å². The van der Waals surface area contributed by atoms with Gasteiger partial charge >= 0.3 is 0 Å².